The van der Waals surface area contributed by atoms with Crippen molar-refractivity contribution in [3.8, 4) is 0 Å². The van der Waals surface area contributed by atoms with E-state index in [1.165, 1.54) is 0 Å². The Hall–Kier alpha value is -1.89. The lowest BCUT2D eigenvalue weighted by Crippen LogP contribution is -1.95. The van der Waals surface area contributed by atoms with Crippen LogP contribution in [0.25, 0.3) is 0 Å². The minimum Gasteiger partial charge on any atom is -0.476 e. The summed E-state index contributed by atoms with van der Waals surface area (Å²) in [7, 11) is 0. The number of carboxylic acid groups (broad SMARTS) is 1. The van der Waals surface area contributed by atoms with Crippen molar-refractivity contribution >= 4 is 17.7 Å². The van der Waals surface area contributed by atoms with Gasteiger partial charge in [-0.2, -0.15) is 4.98 Å². The second-order valence-corrected chi connectivity index (χ2v) is 3.36. The molecular weight excluding hydrogens is 218 g/mol. The van der Waals surface area contributed by atoms with E-state index in [1.807, 2.05) is 0 Å². The van der Waals surface area contributed by atoms with Crippen LogP contribution in [0, 0.1) is 0 Å². The van der Waals surface area contributed by atoms with Crippen molar-refractivity contribution in [3.63, 3.8) is 0 Å². The Morgan fingerprint density at radius 3 is 2.73 bits per heavy atom. The van der Waals surface area contributed by atoms with Crippen LogP contribution in [0.3, 0.4) is 0 Å². The van der Waals surface area contributed by atoms with E-state index in [9.17, 15) is 4.79 Å². The van der Waals surface area contributed by atoms with Crippen LogP contribution in [0.15, 0.2) is 39.5 Å². The largest absolute Gasteiger partial charge is 0.476 e. The van der Waals surface area contributed by atoms with Gasteiger partial charge in [-0.15, -0.1) is 0 Å². The Morgan fingerprint density at radius 1 is 1.40 bits per heavy atom. The smallest absolute Gasteiger partial charge is 0.357 e. The van der Waals surface area contributed by atoms with Crippen LogP contribution >= 0.6 is 11.8 Å². The number of rotatable bonds is 3. The fraction of sp³-hybridized carbons (Fsp3) is 0. The first kappa shape index (κ1) is 9.66. The zero-order valence-electron chi connectivity index (χ0n) is 7.32. The topological polar surface area (TPSA) is 89.1 Å². The van der Waals surface area contributed by atoms with Crippen molar-refractivity contribution in [1.82, 2.24) is 15.0 Å². The molecule has 0 atom stereocenters. The van der Waals surface area contributed by atoms with Crippen LogP contribution < -0.4 is 0 Å². The third-order valence-electron chi connectivity index (χ3n) is 1.42. The lowest BCUT2D eigenvalue weighted by Gasteiger charge is -1.91. The van der Waals surface area contributed by atoms with Crippen LogP contribution in [0.2, 0.25) is 0 Å². The second kappa shape index (κ2) is 4.09. The summed E-state index contributed by atoms with van der Waals surface area (Å²) in [5.41, 5.74) is -0.131. The zero-order valence-corrected chi connectivity index (χ0v) is 8.14. The molecule has 0 unspecified atom stereocenters. The summed E-state index contributed by atoms with van der Waals surface area (Å²) in [5, 5.41) is 9.26. The number of nitrogens with zero attached hydrogens (tertiary/aromatic N) is 3. The summed E-state index contributed by atoms with van der Waals surface area (Å²) >= 11 is 1.06. The van der Waals surface area contributed by atoms with Gasteiger partial charge in [0.25, 0.3) is 5.22 Å². The summed E-state index contributed by atoms with van der Waals surface area (Å²) in [6.45, 7) is 0. The molecule has 0 aliphatic rings. The summed E-state index contributed by atoms with van der Waals surface area (Å²) in [6.07, 6.45) is 4.24. The van der Waals surface area contributed by atoms with Gasteiger partial charge in [-0.1, -0.05) is 0 Å². The molecule has 0 amide bonds. The summed E-state index contributed by atoms with van der Waals surface area (Å²) in [4.78, 5) is 22.1. The van der Waals surface area contributed by atoms with Crippen LogP contribution in [-0.4, -0.2) is 26.0 Å². The molecule has 2 heterocycles. The molecule has 0 aliphatic carbocycles. The molecular formula is C8H5N3O3S. The Kier molecular flexibility index (Phi) is 2.64. The number of carboxylic acids is 1. The van der Waals surface area contributed by atoms with Gasteiger partial charge in [-0.05, 0) is 6.07 Å². The molecule has 0 aromatic carbocycles. The molecule has 0 spiro atoms. The molecule has 0 bridgehead atoms. The maximum Gasteiger partial charge on any atom is 0.357 e. The second-order valence-electron chi connectivity index (χ2n) is 2.44. The Labute approximate surface area is 88.4 Å². The van der Waals surface area contributed by atoms with E-state index >= 15 is 0 Å². The van der Waals surface area contributed by atoms with Crippen LogP contribution in [0.5, 0.6) is 0 Å². The van der Waals surface area contributed by atoms with Gasteiger partial charge in [-0.3, -0.25) is 0 Å². The Bertz CT molecular complexity index is 471. The lowest BCUT2D eigenvalue weighted by atomic mass is 10.5. The minimum absolute atomic E-state index is 0.131. The minimum atomic E-state index is -1.13. The molecule has 0 saturated heterocycles. The number of hydrogen-bond acceptors (Lipinski definition) is 6. The van der Waals surface area contributed by atoms with Crippen molar-refractivity contribution in [1.29, 1.82) is 0 Å². The standard InChI is InChI=1S/C8H5N3O3S/c12-6(13)5-4-14-8(11-5)15-7-9-2-1-3-10-7/h1-4H,(H,12,13). The molecule has 1 N–H and O–H groups in total. The molecule has 76 valence electrons. The van der Waals surface area contributed by atoms with E-state index in [-0.39, 0.29) is 10.9 Å². The van der Waals surface area contributed by atoms with Crippen molar-refractivity contribution in [3.05, 3.63) is 30.4 Å². The van der Waals surface area contributed by atoms with Crippen molar-refractivity contribution < 1.29 is 14.3 Å². The van der Waals surface area contributed by atoms with E-state index in [2.05, 4.69) is 15.0 Å². The van der Waals surface area contributed by atoms with Crippen LogP contribution in [0.4, 0.5) is 0 Å². The highest BCUT2D eigenvalue weighted by molar-refractivity contribution is 7.98. The van der Waals surface area contributed by atoms with Crippen molar-refractivity contribution in [2.75, 3.05) is 0 Å². The Balaban J connectivity index is 2.15. The molecule has 2 rings (SSSR count). The van der Waals surface area contributed by atoms with Gasteiger partial charge in [-0.25, -0.2) is 14.8 Å². The van der Waals surface area contributed by atoms with E-state index in [4.69, 9.17) is 9.52 Å². The summed E-state index contributed by atoms with van der Waals surface area (Å²) in [6, 6.07) is 1.68. The van der Waals surface area contributed by atoms with Gasteiger partial charge in [0, 0.05) is 24.2 Å². The van der Waals surface area contributed by atoms with Crippen molar-refractivity contribution in [2.24, 2.45) is 0 Å². The fourth-order valence-corrected chi connectivity index (χ4v) is 1.44. The van der Waals surface area contributed by atoms with Crippen LogP contribution in [-0.2, 0) is 0 Å². The van der Waals surface area contributed by atoms with E-state index in [0.717, 1.165) is 18.0 Å². The molecule has 15 heavy (non-hydrogen) atoms. The molecule has 2 aromatic heterocycles. The number of aromatic nitrogens is 3. The first-order valence-corrected chi connectivity index (χ1v) is 4.71. The van der Waals surface area contributed by atoms with Crippen molar-refractivity contribution in [2.45, 2.75) is 10.4 Å². The number of oxazole rings is 1. The highest BCUT2D eigenvalue weighted by Gasteiger charge is 2.11. The quantitative estimate of drug-likeness (QED) is 0.784. The van der Waals surface area contributed by atoms with Gasteiger partial charge in [0.2, 0.25) is 0 Å². The third-order valence-corrected chi connectivity index (χ3v) is 2.18. The normalized spacial score (nSPS) is 10.1. The predicted octanol–water partition coefficient (Wildman–Crippen LogP) is 1.31. The number of aromatic carboxylic acids is 1. The monoisotopic (exact) mass is 223 g/mol. The summed E-state index contributed by atoms with van der Waals surface area (Å²) < 4.78 is 4.92. The van der Waals surface area contributed by atoms with E-state index < -0.39 is 5.97 Å². The highest BCUT2D eigenvalue weighted by atomic mass is 32.2. The SMILES string of the molecule is O=C(O)c1coc(Sc2ncccn2)n1. The number of carbonyl (C=O) groups is 1. The maximum atomic E-state index is 10.5. The average molecular weight is 223 g/mol. The molecule has 0 fully saturated rings. The Morgan fingerprint density at radius 2 is 2.13 bits per heavy atom. The number of hydrogen-bond donors (Lipinski definition) is 1. The molecule has 6 nitrogen and oxygen atoms in total. The van der Waals surface area contributed by atoms with Crippen LogP contribution in [0.1, 0.15) is 10.5 Å². The molecule has 7 heteroatoms. The van der Waals surface area contributed by atoms with Gasteiger partial charge < -0.3 is 9.52 Å². The lowest BCUT2D eigenvalue weighted by molar-refractivity contribution is 0.0690. The highest BCUT2D eigenvalue weighted by Crippen LogP contribution is 2.22. The van der Waals surface area contributed by atoms with Gasteiger partial charge in [0.1, 0.15) is 6.26 Å². The predicted molar refractivity (Wildman–Crippen MR) is 49.6 cm³/mol. The molecule has 2 aromatic rings. The van der Waals surface area contributed by atoms with E-state index in [1.54, 1.807) is 18.5 Å². The first-order valence-electron chi connectivity index (χ1n) is 3.89. The van der Waals surface area contributed by atoms with E-state index in [0.29, 0.717) is 5.16 Å². The molecule has 0 saturated carbocycles. The maximum absolute atomic E-state index is 10.5. The zero-order chi connectivity index (χ0) is 10.7. The molecule has 0 aliphatic heterocycles. The van der Waals surface area contributed by atoms with Gasteiger partial charge in [0.05, 0.1) is 0 Å². The van der Waals surface area contributed by atoms with Gasteiger partial charge in [0.15, 0.2) is 10.9 Å². The fourth-order valence-electron chi connectivity index (χ4n) is 0.819. The third kappa shape index (κ3) is 2.32. The average Bonchev–Trinajstić information content (AvgIpc) is 2.68. The van der Waals surface area contributed by atoms with Gasteiger partial charge >= 0.3 is 5.97 Å². The summed E-state index contributed by atoms with van der Waals surface area (Å²) in [5.74, 6) is -1.13. The first-order chi connectivity index (χ1) is 7.25. The molecule has 0 radical (unpaired) electrons.